The summed E-state index contributed by atoms with van der Waals surface area (Å²) in [6, 6.07) is -0.00308. The molecule has 0 aromatic heterocycles. The van der Waals surface area contributed by atoms with Gasteiger partial charge in [0.1, 0.15) is 5.92 Å². The summed E-state index contributed by atoms with van der Waals surface area (Å²) in [5, 5.41) is 2.94. The molecule has 0 bridgehead atoms. The van der Waals surface area contributed by atoms with Crippen LogP contribution in [-0.2, 0) is 14.3 Å². The third-order valence-electron chi connectivity index (χ3n) is 3.47. The fraction of sp³-hybridized carbons (Fsp3) is 0.875. The highest BCUT2D eigenvalue weighted by molar-refractivity contribution is 5.98. The van der Waals surface area contributed by atoms with Crippen molar-refractivity contribution in [3.63, 3.8) is 0 Å². The summed E-state index contributed by atoms with van der Waals surface area (Å²) in [5.74, 6) is -1.48. The third-order valence-corrected chi connectivity index (χ3v) is 3.47. The minimum atomic E-state index is -0.781. The van der Waals surface area contributed by atoms with E-state index in [1.807, 2.05) is 27.7 Å². The highest BCUT2D eigenvalue weighted by Gasteiger charge is 2.39. The molecule has 124 valence electrons. The van der Waals surface area contributed by atoms with Gasteiger partial charge >= 0.3 is 5.97 Å². The summed E-state index contributed by atoms with van der Waals surface area (Å²) in [5.41, 5.74) is -0.467. The van der Waals surface area contributed by atoms with Crippen molar-refractivity contribution in [1.82, 2.24) is 10.2 Å². The number of nitrogens with zero attached hydrogens (tertiary/aromatic N) is 1. The summed E-state index contributed by atoms with van der Waals surface area (Å²) in [4.78, 5) is 26.7. The molecule has 0 aromatic carbocycles. The van der Waals surface area contributed by atoms with Crippen LogP contribution in [0.2, 0.25) is 0 Å². The number of likely N-dealkylation sites (N-methyl/N-ethyl adjacent to an activating group) is 1. The second-order valence-corrected chi connectivity index (χ2v) is 6.45. The van der Waals surface area contributed by atoms with Crippen LogP contribution in [0.1, 0.15) is 48.5 Å². The van der Waals surface area contributed by atoms with Crippen molar-refractivity contribution < 1.29 is 14.3 Å². The number of esters is 1. The number of ether oxygens (including phenoxy) is 1. The van der Waals surface area contributed by atoms with Crippen LogP contribution in [0.4, 0.5) is 0 Å². The Labute approximate surface area is 129 Å². The van der Waals surface area contributed by atoms with E-state index in [9.17, 15) is 9.59 Å². The molecule has 2 atom stereocenters. The second kappa shape index (κ2) is 9.03. The molecular weight excluding hydrogens is 268 g/mol. The zero-order valence-corrected chi connectivity index (χ0v) is 14.7. The number of hydrogen-bond donors (Lipinski definition) is 1. The Bertz CT molecular complexity index is 333. The standard InChI is InChI=1S/C16H32N2O3/c1-8-18(9-2)11-12(4)17-14(19)13(16(5,6)7)15(20)21-10-3/h12-13H,8-11H2,1-7H3,(H,17,19). The van der Waals surface area contributed by atoms with E-state index < -0.39 is 17.3 Å². The maximum absolute atomic E-state index is 12.4. The van der Waals surface area contributed by atoms with Crippen LogP contribution >= 0.6 is 0 Å². The Hall–Kier alpha value is -1.10. The predicted molar refractivity (Wildman–Crippen MR) is 85.0 cm³/mol. The van der Waals surface area contributed by atoms with Crippen LogP contribution < -0.4 is 5.32 Å². The van der Waals surface area contributed by atoms with Gasteiger partial charge in [-0.2, -0.15) is 0 Å². The molecule has 1 N–H and O–H groups in total. The predicted octanol–water partition coefficient (Wildman–Crippen LogP) is 2.06. The van der Waals surface area contributed by atoms with E-state index in [0.717, 1.165) is 19.6 Å². The van der Waals surface area contributed by atoms with Crippen LogP contribution in [0.5, 0.6) is 0 Å². The number of rotatable bonds is 8. The maximum atomic E-state index is 12.4. The van der Waals surface area contributed by atoms with Crippen LogP contribution in [0.3, 0.4) is 0 Å². The summed E-state index contributed by atoms with van der Waals surface area (Å²) in [7, 11) is 0. The van der Waals surface area contributed by atoms with Crippen LogP contribution in [-0.4, -0.2) is 49.1 Å². The fourth-order valence-electron chi connectivity index (χ4n) is 2.32. The van der Waals surface area contributed by atoms with Crippen molar-refractivity contribution >= 4 is 11.9 Å². The van der Waals surface area contributed by atoms with Gasteiger partial charge in [0.15, 0.2) is 0 Å². The summed E-state index contributed by atoms with van der Waals surface area (Å²) >= 11 is 0. The van der Waals surface area contributed by atoms with Crippen molar-refractivity contribution in [3.8, 4) is 0 Å². The average molecular weight is 300 g/mol. The lowest BCUT2D eigenvalue weighted by Crippen LogP contribution is -2.49. The van der Waals surface area contributed by atoms with Crippen molar-refractivity contribution in [3.05, 3.63) is 0 Å². The summed E-state index contributed by atoms with van der Waals surface area (Å²) in [6.07, 6.45) is 0. The topological polar surface area (TPSA) is 58.6 Å². The molecule has 0 rings (SSSR count). The minimum Gasteiger partial charge on any atom is -0.465 e. The lowest BCUT2D eigenvalue weighted by molar-refractivity contribution is -0.156. The van der Waals surface area contributed by atoms with E-state index in [1.54, 1.807) is 6.92 Å². The number of amides is 1. The van der Waals surface area contributed by atoms with E-state index in [1.165, 1.54) is 0 Å². The van der Waals surface area contributed by atoms with Crippen molar-refractivity contribution in [2.24, 2.45) is 11.3 Å². The quantitative estimate of drug-likeness (QED) is 0.550. The number of carbonyl (C=O) groups excluding carboxylic acids is 2. The fourth-order valence-corrected chi connectivity index (χ4v) is 2.32. The molecule has 0 saturated carbocycles. The molecule has 0 radical (unpaired) electrons. The Kier molecular flexibility index (Phi) is 8.55. The number of hydrogen-bond acceptors (Lipinski definition) is 4. The molecule has 0 spiro atoms. The van der Waals surface area contributed by atoms with E-state index in [-0.39, 0.29) is 18.6 Å². The van der Waals surface area contributed by atoms with E-state index >= 15 is 0 Å². The minimum absolute atomic E-state index is 0.00308. The summed E-state index contributed by atoms with van der Waals surface area (Å²) < 4.78 is 5.05. The van der Waals surface area contributed by atoms with Gasteiger partial charge in [0.25, 0.3) is 0 Å². The molecule has 5 nitrogen and oxygen atoms in total. The molecule has 0 aliphatic carbocycles. The van der Waals surface area contributed by atoms with Gasteiger partial charge in [0, 0.05) is 12.6 Å². The second-order valence-electron chi connectivity index (χ2n) is 6.45. The Morgan fingerprint density at radius 1 is 1.14 bits per heavy atom. The largest absolute Gasteiger partial charge is 0.465 e. The first-order chi connectivity index (χ1) is 9.67. The van der Waals surface area contributed by atoms with Gasteiger partial charge < -0.3 is 15.0 Å². The lowest BCUT2D eigenvalue weighted by atomic mass is 9.80. The molecule has 0 fully saturated rings. The van der Waals surface area contributed by atoms with Crippen molar-refractivity contribution in [1.29, 1.82) is 0 Å². The van der Waals surface area contributed by atoms with Gasteiger partial charge in [-0.05, 0) is 32.4 Å². The van der Waals surface area contributed by atoms with Gasteiger partial charge in [-0.15, -0.1) is 0 Å². The molecule has 0 saturated heterocycles. The lowest BCUT2D eigenvalue weighted by Gasteiger charge is -2.30. The van der Waals surface area contributed by atoms with Crippen LogP contribution in [0.15, 0.2) is 0 Å². The molecule has 0 aliphatic rings. The molecule has 2 unspecified atom stereocenters. The third kappa shape index (κ3) is 6.93. The molecule has 1 amide bonds. The summed E-state index contributed by atoms with van der Waals surface area (Å²) in [6.45, 7) is 16.5. The zero-order valence-electron chi connectivity index (χ0n) is 14.7. The van der Waals surface area contributed by atoms with Gasteiger partial charge in [-0.1, -0.05) is 34.6 Å². The Morgan fingerprint density at radius 3 is 2.05 bits per heavy atom. The van der Waals surface area contributed by atoms with E-state index in [2.05, 4.69) is 24.1 Å². The Morgan fingerprint density at radius 2 is 1.67 bits per heavy atom. The van der Waals surface area contributed by atoms with Gasteiger partial charge in [-0.25, -0.2) is 0 Å². The molecule has 21 heavy (non-hydrogen) atoms. The van der Waals surface area contributed by atoms with Gasteiger partial charge in [-0.3, -0.25) is 9.59 Å². The Balaban J connectivity index is 4.79. The first-order valence-corrected chi connectivity index (χ1v) is 7.86. The number of nitrogens with one attached hydrogen (secondary N) is 1. The van der Waals surface area contributed by atoms with E-state index in [4.69, 9.17) is 4.74 Å². The SMILES string of the molecule is CCOC(=O)C(C(=O)NC(C)CN(CC)CC)C(C)(C)C. The molecular formula is C16H32N2O3. The molecule has 5 heteroatoms. The molecule has 0 aliphatic heterocycles. The van der Waals surface area contributed by atoms with Gasteiger partial charge in [0.2, 0.25) is 5.91 Å². The maximum Gasteiger partial charge on any atom is 0.319 e. The number of carbonyl (C=O) groups is 2. The smallest absolute Gasteiger partial charge is 0.319 e. The highest BCUT2D eigenvalue weighted by atomic mass is 16.5. The van der Waals surface area contributed by atoms with E-state index in [0.29, 0.717) is 0 Å². The molecule has 0 heterocycles. The van der Waals surface area contributed by atoms with Gasteiger partial charge in [0.05, 0.1) is 6.61 Å². The first-order valence-electron chi connectivity index (χ1n) is 7.86. The first kappa shape index (κ1) is 19.9. The average Bonchev–Trinajstić information content (AvgIpc) is 2.34. The van der Waals surface area contributed by atoms with Crippen LogP contribution in [0, 0.1) is 11.3 Å². The van der Waals surface area contributed by atoms with Crippen molar-refractivity contribution in [2.75, 3.05) is 26.2 Å². The monoisotopic (exact) mass is 300 g/mol. The normalized spacial score (nSPS) is 14.7. The van der Waals surface area contributed by atoms with Crippen molar-refractivity contribution in [2.45, 2.75) is 54.5 Å². The zero-order chi connectivity index (χ0) is 16.6. The van der Waals surface area contributed by atoms with Crippen LogP contribution in [0.25, 0.3) is 0 Å². The molecule has 0 aromatic rings. The highest BCUT2D eigenvalue weighted by Crippen LogP contribution is 2.27.